The van der Waals surface area contributed by atoms with Gasteiger partial charge >= 0.3 is 0 Å². The fourth-order valence-corrected chi connectivity index (χ4v) is 4.85. The number of aromatic nitrogens is 2. The van der Waals surface area contributed by atoms with E-state index in [0.717, 1.165) is 22.6 Å². The third-order valence-electron chi connectivity index (χ3n) is 6.80. The first kappa shape index (κ1) is 25.5. The van der Waals surface area contributed by atoms with Gasteiger partial charge in [0.15, 0.2) is 5.82 Å². The average molecular weight is 511 g/mol. The molecule has 3 aromatic carbocycles. The number of rotatable bonds is 7. The number of benzene rings is 3. The lowest BCUT2D eigenvalue weighted by atomic mass is 10.0. The van der Waals surface area contributed by atoms with Crippen LogP contribution in [0, 0.1) is 12.7 Å². The molecule has 5 rings (SSSR count). The Morgan fingerprint density at radius 3 is 2.34 bits per heavy atom. The van der Waals surface area contributed by atoms with Crippen LogP contribution in [-0.4, -0.2) is 54.1 Å². The van der Waals surface area contributed by atoms with Crippen molar-refractivity contribution >= 4 is 11.7 Å². The van der Waals surface area contributed by atoms with Gasteiger partial charge in [0.2, 0.25) is 0 Å². The highest BCUT2D eigenvalue weighted by atomic mass is 19.1. The monoisotopic (exact) mass is 510 g/mol. The Bertz CT molecular complexity index is 1400. The predicted octanol–water partition coefficient (Wildman–Crippen LogP) is 5.29. The van der Waals surface area contributed by atoms with Crippen LogP contribution >= 0.6 is 0 Å². The predicted molar refractivity (Wildman–Crippen MR) is 147 cm³/mol. The molecule has 1 amide bonds. The summed E-state index contributed by atoms with van der Waals surface area (Å²) in [5.41, 5.74) is 5.73. The number of ether oxygens (including phenoxy) is 1. The van der Waals surface area contributed by atoms with Crippen molar-refractivity contribution in [2.75, 3.05) is 38.2 Å². The number of carbonyl (C=O) groups is 1. The molecule has 0 radical (unpaired) electrons. The molecule has 1 fully saturated rings. The molecule has 0 spiro atoms. The first-order valence-electron chi connectivity index (χ1n) is 12.8. The number of anilines is 1. The number of carbonyl (C=O) groups excluding carboxylic acids is 1. The van der Waals surface area contributed by atoms with Crippen LogP contribution < -0.4 is 4.90 Å². The molecule has 0 bridgehead atoms. The van der Waals surface area contributed by atoms with Gasteiger partial charge in [-0.2, -0.15) is 0 Å². The number of hydrogen-bond acceptors (Lipinski definition) is 5. The highest BCUT2D eigenvalue weighted by molar-refractivity contribution is 5.94. The second-order valence-electron chi connectivity index (χ2n) is 9.55. The molecule has 6 nitrogen and oxygen atoms in total. The number of halogens is 1. The molecular formula is C31H31FN4O2. The number of aryl methyl sites for hydroxylation is 1. The van der Waals surface area contributed by atoms with E-state index in [1.807, 2.05) is 35.2 Å². The Balaban J connectivity index is 1.48. The second-order valence-corrected chi connectivity index (χ2v) is 9.55. The van der Waals surface area contributed by atoms with Crippen LogP contribution in [0.15, 0.2) is 78.9 Å². The fourth-order valence-electron chi connectivity index (χ4n) is 4.85. The minimum atomic E-state index is -0.350. The first-order chi connectivity index (χ1) is 18.5. The Morgan fingerprint density at radius 2 is 1.66 bits per heavy atom. The molecule has 0 saturated carbocycles. The number of methoxy groups -OCH3 is 1. The van der Waals surface area contributed by atoms with Gasteiger partial charge in [-0.3, -0.25) is 4.79 Å². The maximum Gasteiger partial charge on any atom is 0.253 e. The number of piperazine rings is 1. The molecule has 1 aromatic heterocycles. The van der Waals surface area contributed by atoms with Gasteiger partial charge in [0.25, 0.3) is 5.91 Å². The van der Waals surface area contributed by atoms with Crippen molar-refractivity contribution in [3.63, 3.8) is 0 Å². The van der Waals surface area contributed by atoms with E-state index in [1.165, 1.54) is 35.4 Å². The third-order valence-corrected chi connectivity index (χ3v) is 6.80. The van der Waals surface area contributed by atoms with Crippen LogP contribution in [0.5, 0.6) is 0 Å². The standard InChI is InChI=1S/C31H31FN4O2/c1-22-7-6-8-23(19-22)20-27-28(21-38-2)33-29(24-9-4-3-5-10-24)34-30(27)35-15-17-36(18-16-35)31(37)25-11-13-26(32)14-12-25/h3-14,19H,15-18,20-21H2,1-2H3. The van der Waals surface area contributed by atoms with Crippen molar-refractivity contribution in [2.24, 2.45) is 0 Å². The van der Waals surface area contributed by atoms with Gasteiger partial charge in [-0.25, -0.2) is 14.4 Å². The van der Waals surface area contributed by atoms with Gasteiger partial charge in [0.05, 0.1) is 12.3 Å². The van der Waals surface area contributed by atoms with Crippen molar-refractivity contribution < 1.29 is 13.9 Å². The summed E-state index contributed by atoms with van der Waals surface area (Å²) in [6, 6.07) is 24.1. The summed E-state index contributed by atoms with van der Waals surface area (Å²) in [5, 5.41) is 0. The molecule has 2 heterocycles. The van der Waals surface area contributed by atoms with Crippen LogP contribution in [0.25, 0.3) is 11.4 Å². The maximum absolute atomic E-state index is 13.3. The van der Waals surface area contributed by atoms with Gasteiger partial charge in [-0.1, -0.05) is 60.2 Å². The quantitative estimate of drug-likeness (QED) is 0.338. The second kappa shape index (κ2) is 11.5. The number of amides is 1. The molecule has 1 saturated heterocycles. The van der Waals surface area contributed by atoms with E-state index in [4.69, 9.17) is 14.7 Å². The van der Waals surface area contributed by atoms with Gasteiger partial charge in [0.1, 0.15) is 11.6 Å². The molecule has 0 atom stereocenters. The molecule has 1 aliphatic rings. The van der Waals surface area contributed by atoms with E-state index < -0.39 is 0 Å². The normalized spacial score (nSPS) is 13.6. The Morgan fingerprint density at radius 1 is 0.921 bits per heavy atom. The van der Waals surface area contributed by atoms with Crippen LogP contribution in [0.1, 0.15) is 32.7 Å². The maximum atomic E-state index is 13.3. The third kappa shape index (κ3) is 5.73. The summed E-state index contributed by atoms with van der Waals surface area (Å²) in [6.07, 6.45) is 0.680. The summed E-state index contributed by atoms with van der Waals surface area (Å²) in [7, 11) is 1.68. The molecule has 0 N–H and O–H groups in total. The summed E-state index contributed by atoms with van der Waals surface area (Å²) >= 11 is 0. The summed E-state index contributed by atoms with van der Waals surface area (Å²) in [5.74, 6) is 1.10. The highest BCUT2D eigenvalue weighted by Crippen LogP contribution is 2.29. The lowest BCUT2D eigenvalue weighted by Crippen LogP contribution is -2.49. The molecule has 38 heavy (non-hydrogen) atoms. The zero-order valence-corrected chi connectivity index (χ0v) is 21.7. The SMILES string of the molecule is COCc1nc(-c2ccccc2)nc(N2CCN(C(=O)c3ccc(F)cc3)CC2)c1Cc1cccc(C)c1. The largest absolute Gasteiger partial charge is 0.378 e. The zero-order chi connectivity index (χ0) is 26.5. The number of hydrogen-bond donors (Lipinski definition) is 0. The van der Waals surface area contributed by atoms with Crippen molar-refractivity contribution in [3.8, 4) is 11.4 Å². The van der Waals surface area contributed by atoms with Crippen molar-refractivity contribution in [2.45, 2.75) is 20.0 Å². The van der Waals surface area contributed by atoms with Gasteiger partial charge < -0.3 is 14.5 Å². The average Bonchev–Trinajstić information content (AvgIpc) is 2.95. The minimum absolute atomic E-state index is 0.0858. The zero-order valence-electron chi connectivity index (χ0n) is 21.7. The molecule has 0 unspecified atom stereocenters. The number of nitrogens with zero attached hydrogens (tertiary/aromatic N) is 4. The van der Waals surface area contributed by atoms with E-state index in [2.05, 4.69) is 36.1 Å². The van der Waals surface area contributed by atoms with E-state index in [0.29, 0.717) is 50.6 Å². The van der Waals surface area contributed by atoms with E-state index in [-0.39, 0.29) is 11.7 Å². The molecule has 7 heteroatoms. The first-order valence-corrected chi connectivity index (χ1v) is 12.8. The highest BCUT2D eigenvalue weighted by Gasteiger charge is 2.26. The van der Waals surface area contributed by atoms with E-state index in [1.54, 1.807) is 7.11 Å². The minimum Gasteiger partial charge on any atom is -0.378 e. The van der Waals surface area contributed by atoms with Crippen molar-refractivity contribution in [1.29, 1.82) is 0 Å². The van der Waals surface area contributed by atoms with Crippen LogP contribution in [0.2, 0.25) is 0 Å². The van der Waals surface area contributed by atoms with Crippen molar-refractivity contribution in [1.82, 2.24) is 14.9 Å². The van der Waals surface area contributed by atoms with Crippen LogP contribution in [0.3, 0.4) is 0 Å². The summed E-state index contributed by atoms with van der Waals surface area (Å²) < 4.78 is 18.9. The van der Waals surface area contributed by atoms with E-state index in [9.17, 15) is 9.18 Å². The summed E-state index contributed by atoms with van der Waals surface area (Å²) in [4.78, 5) is 27.1. The van der Waals surface area contributed by atoms with Gasteiger partial charge in [0, 0.05) is 56.4 Å². The summed E-state index contributed by atoms with van der Waals surface area (Å²) in [6.45, 7) is 4.82. The lowest BCUT2D eigenvalue weighted by molar-refractivity contribution is 0.0746. The Labute approximate surface area is 222 Å². The van der Waals surface area contributed by atoms with Crippen LogP contribution in [0.4, 0.5) is 10.2 Å². The molecular weight excluding hydrogens is 479 g/mol. The van der Waals surface area contributed by atoms with E-state index >= 15 is 0 Å². The molecule has 0 aliphatic carbocycles. The van der Waals surface area contributed by atoms with Gasteiger partial charge in [-0.15, -0.1) is 0 Å². The molecule has 4 aromatic rings. The lowest BCUT2D eigenvalue weighted by Gasteiger charge is -2.36. The molecule has 1 aliphatic heterocycles. The van der Waals surface area contributed by atoms with Crippen LogP contribution in [-0.2, 0) is 17.8 Å². The van der Waals surface area contributed by atoms with Gasteiger partial charge in [-0.05, 0) is 36.8 Å². The fraction of sp³-hybridized carbons (Fsp3) is 0.258. The Hall–Kier alpha value is -4.10. The smallest absolute Gasteiger partial charge is 0.253 e. The molecule has 194 valence electrons. The topological polar surface area (TPSA) is 58.6 Å². The Kier molecular flexibility index (Phi) is 7.75. The van der Waals surface area contributed by atoms with Crippen molar-refractivity contribution in [3.05, 3.63) is 113 Å².